The first-order valence-electron chi connectivity index (χ1n) is 6.98. The van der Waals surface area contributed by atoms with E-state index in [1.807, 2.05) is 0 Å². The molecule has 6 heteroatoms. The van der Waals surface area contributed by atoms with Crippen molar-refractivity contribution < 1.29 is 14.3 Å². The zero-order valence-corrected chi connectivity index (χ0v) is 12.7. The van der Waals surface area contributed by atoms with Gasteiger partial charge < -0.3 is 15.4 Å². The highest BCUT2D eigenvalue weighted by atomic mass is 35.5. The first-order chi connectivity index (χ1) is 10.0. The van der Waals surface area contributed by atoms with Crippen molar-refractivity contribution in [1.82, 2.24) is 5.32 Å². The molecule has 1 aliphatic heterocycles. The van der Waals surface area contributed by atoms with Crippen molar-refractivity contribution in [2.45, 2.75) is 25.9 Å². The van der Waals surface area contributed by atoms with E-state index in [1.54, 1.807) is 24.3 Å². The van der Waals surface area contributed by atoms with E-state index in [9.17, 15) is 9.59 Å². The molecule has 2 N–H and O–H groups in total. The molecular weight excluding hydrogens is 292 g/mol. The highest BCUT2D eigenvalue weighted by Gasteiger charge is 2.26. The minimum atomic E-state index is -0.272. The van der Waals surface area contributed by atoms with Gasteiger partial charge in [0.15, 0.2) is 0 Å². The first kappa shape index (κ1) is 15.8. The van der Waals surface area contributed by atoms with E-state index in [1.165, 1.54) is 0 Å². The summed E-state index contributed by atoms with van der Waals surface area (Å²) in [4.78, 5) is 23.5. The van der Waals surface area contributed by atoms with Gasteiger partial charge in [0, 0.05) is 17.3 Å². The summed E-state index contributed by atoms with van der Waals surface area (Å²) in [7, 11) is 0. The fraction of sp³-hybridized carbons (Fsp3) is 0.467. The van der Waals surface area contributed by atoms with Crippen LogP contribution in [0.2, 0.25) is 5.02 Å². The molecule has 2 atom stereocenters. The van der Waals surface area contributed by atoms with Crippen LogP contribution in [-0.4, -0.2) is 31.1 Å². The molecule has 1 heterocycles. The lowest BCUT2D eigenvalue weighted by molar-refractivity contribution is -0.126. The van der Waals surface area contributed by atoms with Gasteiger partial charge in [-0.3, -0.25) is 9.59 Å². The summed E-state index contributed by atoms with van der Waals surface area (Å²) in [6, 6.07) is 6.79. The third kappa shape index (κ3) is 5.02. The normalized spacial score (nSPS) is 21.0. The number of carbonyl (C=O) groups is 2. The van der Waals surface area contributed by atoms with E-state index in [0.717, 1.165) is 6.42 Å². The number of hydrogen-bond acceptors (Lipinski definition) is 3. The Morgan fingerprint density at radius 2 is 2.00 bits per heavy atom. The Labute approximate surface area is 129 Å². The average Bonchev–Trinajstić information content (AvgIpc) is 2.85. The lowest BCUT2D eigenvalue weighted by atomic mass is 10.0. The first-order valence-corrected chi connectivity index (χ1v) is 7.36. The summed E-state index contributed by atoms with van der Waals surface area (Å²) >= 11 is 5.76. The molecule has 0 aliphatic carbocycles. The summed E-state index contributed by atoms with van der Waals surface area (Å²) in [6.07, 6.45) is 1.24. The van der Waals surface area contributed by atoms with Crippen molar-refractivity contribution in [1.29, 1.82) is 0 Å². The largest absolute Gasteiger partial charge is 0.377 e. The number of ether oxygens (including phenoxy) is 1. The summed E-state index contributed by atoms with van der Waals surface area (Å²) in [6.45, 7) is 2.72. The lowest BCUT2D eigenvalue weighted by Gasteiger charge is -2.14. The van der Waals surface area contributed by atoms with Crippen LogP contribution in [0.1, 0.15) is 19.8 Å². The van der Waals surface area contributed by atoms with Crippen LogP contribution in [0.5, 0.6) is 0 Å². The number of carbonyl (C=O) groups excluding carboxylic acids is 2. The molecule has 21 heavy (non-hydrogen) atoms. The molecule has 0 spiro atoms. The Hall–Kier alpha value is -1.59. The van der Waals surface area contributed by atoms with Crippen LogP contribution in [0.25, 0.3) is 0 Å². The molecule has 114 valence electrons. The number of benzene rings is 1. The summed E-state index contributed by atoms with van der Waals surface area (Å²) < 4.78 is 5.48. The Balaban J connectivity index is 1.70. The summed E-state index contributed by atoms with van der Waals surface area (Å²) in [5, 5.41) is 5.89. The van der Waals surface area contributed by atoms with Crippen molar-refractivity contribution in [3.8, 4) is 0 Å². The van der Waals surface area contributed by atoms with Gasteiger partial charge in [0.05, 0.1) is 19.1 Å². The average molecular weight is 311 g/mol. The molecule has 1 aromatic carbocycles. The Kier molecular flexibility index (Phi) is 5.59. The van der Waals surface area contributed by atoms with Gasteiger partial charge in [-0.05, 0) is 36.6 Å². The van der Waals surface area contributed by atoms with Gasteiger partial charge in [-0.1, -0.05) is 18.5 Å². The van der Waals surface area contributed by atoms with E-state index >= 15 is 0 Å². The SMILES string of the molecule is CC1CCOC1CC(=O)NCC(=O)Nc1ccc(Cl)cc1. The smallest absolute Gasteiger partial charge is 0.243 e. The zero-order chi connectivity index (χ0) is 15.2. The number of nitrogens with one attached hydrogen (secondary N) is 2. The van der Waals surface area contributed by atoms with E-state index < -0.39 is 0 Å². The van der Waals surface area contributed by atoms with Crippen molar-refractivity contribution in [2.75, 3.05) is 18.5 Å². The number of anilines is 1. The van der Waals surface area contributed by atoms with Crippen LogP contribution in [0, 0.1) is 5.92 Å². The molecule has 1 saturated heterocycles. The monoisotopic (exact) mass is 310 g/mol. The second-order valence-electron chi connectivity index (χ2n) is 5.21. The molecular formula is C15H19ClN2O3. The molecule has 2 unspecified atom stereocenters. The Morgan fingerprint density at radius 1 is 1.29 bits per heavy atom. The number of amides is 2. The van der Waals surface area contributed by atoms with Crippen LogP contribution < -0.4 is 10.6 Å². The third-order valence-corrected chi connectivity index (χ3v) is 3.75. The number of hydrogen-bond donors (Lipinski definition) is 2. The van der Waals surface area contributed by atoms with Crippen LogP contribution >= 0.6 is 11.6 Å². The van der Waals surface area contributed by atoms with Crippen LogP contribution in [0.3, 0.4) is 0 Å². The van der Waals surface area contributed by atoms with Gasteiger partial charge >= 0.3 is 0 Å². The standard InChI is InChI=1S/C15H19ClN2O3/c1-10-6-7-21-13(10)8-14(19)17-9-15(20)18-12-4-2-11(16)3-5-12/h2-5,10,13H,6-9H2,1H3,(H,17,19)(H,18,20). The Morgan fingerprint density at radius 3 is 2.62 bits per heavy atom. The highest BCUT2D eigenvalue weighted by Crippen LogP contribution is 2.22. The van der Waals surface area contributed by atoms with Crippen molar-refractivity contribution in [3.63, 3.8) is 0 Å². The molecule has 2 amide bonds. The number of rotatable bonds is 5. The second-order valence-corrected chi connectivity index (χ2v) is 5.65. The quantitative estimate of drug-likeness (QED) is 0.876. The van der Waals surface area contributed by atoms with Crippen LogP contribution in [-0.2, 0) is 14.3 Å². The molecule has 0 saturated carbocycles. The van der Waals surface area contributed by atoms with E-state index in [-0.39, 0.29) is 24.5 Å². The molecule has 0 radical (unpaired) electrons. The van der Waals surface area contributed by atoms with E-state index in [0.29, 0.717) is 29.7 Å². The van der Waals surface area contributed by atoms with Crippen LogP contribution in [0.15, 0.2) is 24.3 Å². The summed E-state index contributed by atoms with van der Waals surface area (Å²) in [5.41, 5.74) is 0.645. The maximum atomic E-state index is 11.8. The molecule has 5 nitrogen and oxygen atoms in total. The second kappa shape index (κ2) is 7.43. The van der Waals surface area contributed by atoms with Crippen LogP contribution in [0.4, 0.5) is 5.69 Å². The van der Waals surface area contributed by atoms with Gasteiger partial charge in [-0.25, -0.2) is 0 Å². The van der Waals surface area contributed by atoms with Gasteiger partial charge in [0.1, 0.15) is 0 Å². The highest BCUT2D eigenvalue weighted by molar-refractivity contribution is 6.30. The lowest BCUT2D eigenvalue weighted by Crippen LogP contribution is -2.35. The fourth-order valence-electron chi connectivity index (χ4n) is 2.19. The molecule has 0 aromatic heterocycles. The molecule has 1 aliphatic rings. The van der Waals surface area contributed by atoms with Crippen molar-refractivity contribution in [3.05, 3.63) is 29.3 Å². The van der Waals surface area contributed by atoms with Gasteiger partial charge in [-0.15, -0.1) is 0 Å². The molecule has 2 rings (SSSR count). The van der Waals surface area contributed by atoms with Gasteiger partial charge in [0.2, 0.25) is 11.8 Å². The molecule has 1 fully saturated rings. The van der Waals surface area contributed by atoms with E-state index in [2.05, 4.69) is 17.6 Å². The molecule has 0 bridgehead atoms. The minimum absolute atomic E-state index is 0.0377. The van der Waals surface area contributed by atoms with E-state index in [4.69, 9.17) is 16.3 Å². The minimum Gasteiger partial charge on any atom is -0.377 e. The third-order valence-electron chi connectivity index (χ3n) is 3.50. The van der Waals surface area contributed by atoms with Crippen molar-refractivity contribution >= 4 is 29.1 Å². The predicted octanol–water partition coefficient (Wildman–Crippen LogP) is 2.21. The maximum Gasteiger partial charge on any atom is 0.243 e. The van der Waals surface area contributed by atoms with Gasteiger partial charge in [-0.2, -0.15) is 0 Å². The number of halogens is 1. The predicted molar refractivity (Wildman–Crippen MR) is 81.2 cm³/mol. The Bertz CT molecular complexity index is 504. The molecule has 1 aromatic rings. The fourth-order valence-corrected chi connectivity index (χ4v) is 2.31. The summed E-state index contributed by atoms with van der Waals surface area (Å²) in [5.74, 6) is -0.0512. The van der Waals surface area contributed by atoms with Crippen molar-refractivity contribution in [2.24, 2.45) is 5.92 Å². The maximum absolute atomic E-state index is 11.8. The van der Waals surface area contributed by atoms with Gasteiger partial charge in [0.25, 0.3) is 0 Å². The zero-order valence-electron chi connectivity index (χ0n) is 11.9. The topological polar surface area (TPSA) is 67.4 Å².